The molecule has 0 radical (unpaired) electrons. The molecule has 0 fully saturated rings. The molecular weight excluding hydrogens is 232 g/mol. The zero-order chi connectivity index (χ0) is 13.1. The zero-order valence-electron chi connectivity index (χ0n) is 11.2. The maximum Gasteiger partial charge on any atom is 0.0512 e. The summed E-state index contributed by atoms with van der Waals surface area (Å²) >= 11 is 0. The van der Waals surface area contributed by atoms with Gasteiger partial charge in [0.2, 0.25) is 0 Å². The van der Waals surface area contributed by atoms with Crippen molar-refractivity contribution in [1.29, 1.82) is 0 Å². The van der Waals surface area contributed by atoms with Gasteiger partial charge in [-0.1, -0.05) is 31.2 Å². The van der Waals surface area contributed by atoms with Crippen molar-refractivity contribution in [2.75, 3.05) is 0 Å². The molecular formula is C17H18N2. The van der Waals surface area contributed by atoms with Crippen LogP contribution in [0.5, 0.6) is 0 Å². The van der Waals surface area contributed by atoms with E-state index in [-0.39, 0.29) is 0 Å². The third-order valence-electron chi connectivity index (χ3n) is 3.59. The van der Waals surface area contributed by atoms with Gasteiger partial charge in [-0.3, -0.25) is 4.98 Å². The number of aromatic nitrogens is 2. The normalized spacial score (nSPS) is 11.0. The van der Waals surface area contributed by atoms with E-state index in [1.807, 2.05) is 18.3 Å². The molecule has 0 aliphatic carbocycles. The van der Waals surface area contributed by atoms with Crippen LogP contribution in [0.3, 0.4) is 0 Å². The van der Waals surface area contributed by atoms with E-state index >= 15 is 0 Å². The fraction of sp³-hybridized carbons (Fsp3) is 0.235. The number of rotatable bonds is 4. The number of benzene rings is 1. The highest BCUT2D eigenvalue weighted by Gasteiger charge is 2.05. The molecule has 2 heterocycles. The quantitative estimate of drug-likeness (QED) is 0.688. The highest BCUT2D eigenvalue weighted by Crippen LogP contribution is 2.21. The molecule has 0 aliphatic heterocycles. The Bertz CT molecular complexity index is 668. The minimum absolute atomic E-state index is 0.975. The molecule has 0 N–H and O–H groups in total. The molecule has 2 aromatic heterocycles. The third-order valence-corrected chi connectivity index (χ3v) is 3.59. The van der Waals surface area contributed by atoms with Crippen LogP contribution in [0.1, 0.15) is 18.2 Å². The van der Waals surface area contributed by atoms with Gasteiger partial charge in [-0.25, -0.2) is 0 Å². The van der Waals surface area contributed by atoms with E-state index in [2.05, 4.69) is 53.0 Å². The van der Waals surface area contributed by atoms with Crippen molar-refractivity contribution in [1.82, 2.24) is 9.55 Å². The highest BCUT2D eigenvalue weighted by atomic mass is 15.0. The molecule has 0 aliphatic rings. The van der Waals surface area contributed by atoms with Gasteiger partial charge in [0.1, 0.15) is 0 Å². The first kappa shape index (κ1) is 12.0. The van der Waals surface area contributed by atoms with Gasteiger partial charge in [0.05, 0.1) is 5.52 Å². The minimum Gasteiger partial charge on any atom is -0.347 e. The van der Waals surface area contributed by atoms with Gasteiger partial charge >= 0.3 is 0 Å². The van der Waals surface area contributed by atoms with Crippen molar-refractivity contribution in [3.05, 3.63) is 66.1 Å². The highest BCUT2D eigenvalue weighted by molar-refractivity contribution is 5.83. The summed E-state index contributed by atoms with van der Waals surface area (Å²) in [4.78, 5) is 4.39. The van der Waals surface area contributed by atoms with Crippen LogP contribution in [0, 0.1) is 0 Å². The number of hydrogen-bond acceptors (Lipinski definition) is 1. The van der Waals surface area contributed by atoms with Crippen LogP contribution in [0.4, 0.5) is 0 Å². The van der Waals surface area contributed by atoms with Crippen LogP contribution >= 0.6 is 0 Å². The van der Waals surface area contributed by atoms with E-state index < -0.39 is 0 Å². The summed E-state index contributed by atoms with van der Waals surface area (Å²) in [6.45, 7) is 3.20. The Kier molecular flexibility index (Phi) is 3.32. The summed E-state index contributed by atoms with van der Waals surface area (Å²) in [6, 6.07) is 14.9. The van der Waals surface area contributed by atoms with Crippen LogP contribution < -0.4 is 0 Å². The van der Waals surface area contributed by atoms with E-state index in [0.717, 1.165) is 25.1 Å². The first-order valence-corrected chi connectivity index (χ1v) is 6.85. The molecule has 3 rings (SSSR count). The minimum atomic E-state index is 0.975. The van der Waals surface area contributed by atoms with Gasteiger partial charge in [0.25, 0.3) is 0 Å². The third kappa shape index (κ3) is 2.39. The number of para-hydroxylation sites is 1. The monoisotopic (exact) mass is 250 g/mol. The van der Waals surface area contributed by atoms with Crippen molar-refractivity contribution < 1.29 is 0 Å². The molecule has 0 unspecified atom stereocenters. The Morgan fingerprint density at radius 2 is 2.00 bits per heavy atom. The summed E-state index contributed by atoms with van der Waals surface area (Å²) in [7, 11) is 0. The predicted octanol–water partition coefficient (Wildman–Crippen LogP) is 3.84. The number of pyridine rings is 1. The zero-order valence-corrected chi connectivity index (χ0v) is 11.2. The fourth-order valence-corrected chi connectivity index (χ4v) is 2.59. The van der Waals surface area contributed by atoms with Crippen molar-refractivity contribution in [3.63, 3.8) is 0 Å². The molecule has 2 nitrogen and oxygen atoms in total. The number of hydrogen-bond donors (Lipinski definition) is 0. The van der Waals surface area contributed by atoms with E-state index in [1.54, 1.807) is 0 Å². The molecule has 0 saturated heterocycles. The van der Waals surface area contributed by atoms with Crippen molar-refractivity contribution in [2.45, 2.75) is 26.3 Å². The summed E-state index contributed by atoms with van der Waals surface area (Å²) < 4.78 is 2.35. The standard InChI is InChI=1S/C17H18N2/c1-2-14-6-5-7-15-9-12-19(17(14)15)13-10-16-8-3-4-11-18-16/h3-9,11-12H,2,10,13H2,1H3. The van der Waals surface area contributed by atoms with Crippen LogP contribution in [-0.2, 0) is 19.4 Å². The number of fused-ring (bicyclic) bond motifs is 1. The van der Waals surface area contributed by atoms with E-state index in [4.69, 9.17) is 0 Å². The van der Waals surface area contributed by atoms with E-state index in [0.29, 0.717) is 0 Å². The Balaban J connectivity index is 1.89. The smallest absolute Gasteiger partial charge is 0.0512 e. The molecule has 0 saturated carbocycles. The average Bonchev–Trinajstić information content (AvgIpc) is 2.89. The first-order chi connectivity index (χ1) is 9.38. The van der Waals surface area contributed by atoms with Gasteiger partial charge < -0.3 is 4.57 Å². The van der Waals surface area contributed by atoms with Crippen LogP contribution in [-0.4, -0.2) is 9.55 Å². The molecule has 3 aromatic rings. The predicted molar refractivity (Wildman–Crippen MR) is 79.3 cm³/mol. The van der Waals surface area contributed by atoms with Gasteiger partial charge in [0.15, 0.2) is 0 Å². The topological polar surface area (TPSA) is 17.8 Å². The molecule has 2 heteroatoms. The van der Waals surface area contributed by atoms with Crippen molar-refractivity contribution in [3.8, 4) is 0 Å². The molecule has 0 spiro atoms. The van der Waals surface area contributed by atoms with Crippen LogP contribution in [0.15, 0.2) is 54.9 Å². The average molecular weight is 250 g/mol. The van der Waals surface area contributed by atoms with E-state index in [1.165, 1.54) is 16.5 Å². The first-order valence-electron chi connectivity index (χ1n) is 6.85. The van der Waals surface area contributed by atoms with Crippen molar-refractivity contribution in [2.24, 2.45) is 0 Å². The van der Waals surface area contributed by atoms with Crippen LogP contribution in [0.2, 0.25) is 0 Å². The Labute approximate surface area is 113 Å². The second-order valence-electron chi connectivity index (χ2n) is 4.79. The lowest BCUT2D eigenvalue weighted by Gasteiger charge is -2.08. The molecule has 19 heavy (non-hydrogen) atoms. The van der Waals surface area contributed by atoms with Gasteiger partial charge in [0, 0.05) is 31.1 Å². The lowest BCUT2D eigenvalue weighted by molar-refractivity contribution is 0.708. The Morgan fingerprint density at radius 3 is 2.79 bits per heavy atom. The molecule has 0 bridgehead atoms. The number of aryl methyl sites for hydroxylation is 3. The van der Waals surface area contributed by atoms with E-state index in [9.17, 15) is 0 Å². The second-order valence-corrected chi connectivity index (χ2v) is 4.79. The Hall–Kier alpha value is -2.09. The van der Waals surface area contributed by atoms with Gasteiger partial charge in [-0.05, 0) is 35.6 Å². The summed E-state index contributed by atoms with van der Waals surface area (Å²) in [5.74, 6) is 0. The molecule has 0 atom stereocenters. The number of nitrogens with zero attached hydrogens (tertiary/aromatic N) is 2. The largest absolute Gasteiger partial charge is 0.347 e. The Morgan fingerprint density at radius 1 is 1.05 bits per heavy atom. The van der Waals surface area contributed by atoms with Gasteiger partial charge in [-0.15, -0.1) is 0 Å². The fourth-order valence-electron chi connectivity index (χ4n) is 2.59. The summed E-state index contributed by atoms with van der Waals surface area (Å²) in [5.41, 5.74) is 3.95. The van der Waals surface area contributed by atoms with Crippen molar-refractivity contribution >= 4 is 10.9 Å². The molecule has 1 aromatic carbocycles. The summed E-state index contributed by atoms with van der Waals surface area (Å²) in [6.07, 6.45) is 6.10. The summed E-state index contributed by atoms with van der Waals surface area (Å²) in [5, 5.41) is 1.33. The second kappa shape index (κ2) is 5.27. The maximum absolute atomic E-state index is 4.39. The lowest BCUT2D eigenvalue weighted by atomic mass is 10.1. The van der Waals surface area contributed by atoms with Crippen LogP contribution in [0.25, 0.3) is 10.9 Å². The maximum atomic E-state index is 4.39. The lowest BCUT2D eigenvalue weighted by Crippen LogP contribution is -2.02. The molecule has 0 amide bonds. The van der Waals surface area contributed by atoms with Gasteiger partial charge in [-0.2, -0.15) is 0 Å². The molecule has 96 valence electrons. The SMILES string of the molecule is CCc1cccc2ccn(CCc3ccccn3)c12.